The Kier molecular flexibility index (Phi) is 5.20. The van der Waals surface area contributed by atoms with Crippen molar-refractivity contribution in [3.63, 3.8) is 0 Å². The monoisotopic (exact) mass is 291 g/mol. The van der Waals surface area contributed by atoms with E-state index in [1.54, 1.807) is 0 Å². The van der Waals surface area contributed by atoms with Gasteiger partial charge in [0.1, 0.15) is 5.75 Å². The summed E-state index contributed by atoms with van der Waals surface area (Å²) in [7, 11) is 0. The van der Waals surface area contributed by atoms with Crippen LogP contribution in [0.5, 0.6) is 5.75 Å². The quantitative estimate of drug-likeness (QED) is 0.834. The smallest absolute Gasteiger partial charge is 0.338 e. The highest BCUT2D eigenvalue weighted by Gasteiger charge is 2.23. The van der Waals surface area contributed by atoms with E-state index in [0.717, 1.165) is 19.3 Å². The fourth-order valence-electron chi connectivity index (χ4n) is 2.59. The number of rotatable bonds is 4. The van der Waals surface area contributed by atoms with Crippen molar-refractivity contribution < 1.29 is 19.4 Å². The molecule has 1 aliphatic carbocycles. The molecular formula is C16H21NO4. The first-order valence-corrected chi connectivity index (χ1v) is 7.32. The summed E-state index contributed by atoms with van der Waals surface area (Å²) in [6.07, 6.45) is 4.45. The van der Waals surface area contributed by atoms with Crippen LogP contribution in [0.1, 0.15) is 43.0 Å². The van der Waals surface area contributed by atoms with E-state index in [4.69, 9.17) is 9.84 Å². The first-order valence-electron chi connectivity index (χ1n) is 7.32. The molecule has 1 aliphatic rings. The second kappa shape index (κ2) is 7.11. The number of benzene rings is 1. The molecule has 1 aromatic carbocycles. The Morgan fingerprint density at radius 3 is 2.57 bits per heavy atom. The van der Waals surface area contributed by atoms with Crippen LogP contribution in [-0.2, 0) is 9.53 Å². The van der Waals surface area contributed by atoms with Crippen molar-refractivity contribution in [3.05, 3.63) is 29.8 Å². The molecule has 1 aromatic rings. The van der Waals surface area contributed by atoms with Crippen LogP contribution in [0, 0.1) is 5.92 Å². The minimum absolute atomic E-state index is 0.0792. The molecule has 0 spiro atoms. The van der Waals surface area contributed by atoms with Crippen molar-refractivity contribution in [1.82, 2.24) is 5.32 Å². The molecule has 0 bridgehead atoms. The van der Waals surface area contributed by atoms with E-state index in [0.29, 0.717) is 11.5 Å². The molecule has 114 valence electrons. The van der Waals surface area contributed by atoms with Gasteiger partial charge in [0.25, 0.3) is 5.91 Å². The Hall–Kier alpha value is -2.04. The molecule has 0 aliphatic heterocycles. The number of aromatic hydroxyl groups is 1. The lowest BCUT2D eigenvalue weighted by atomic mass is 9.86. The zero-order valence-corrected chi connectivity index (χ0v) is 12.2. The van der Waals surface area contributed by atoms with Crippen LogP contribution in [-0.4, -0.2) is 29.6 Å². The second-order valence-electron chi connectivity index (χ2n) is 5.56. The topological polar surface area (TPSA) is 75.6 Å². The van der Waals surface area contributed by atoms with E-state index in [2.05, 4.69) is 12.2 Å². The van der Waals surface area contributed by atoms with Gasteiger partial charge in [0.15, 0.2) is 6.61 Å². The maximum Gasteiger partial charge on any atom is 0.338 e. The van der Waals surface area contributed by atoms with Crippen molar-refractivity contribution in [1.29, 1.82) is 0 Å². The lowest BCUT2D eigenvalue weighted by molar-refractivity contribution is -0.125. The number of phenolic OH excluding ortho intramolecular Hbond substituents is 1. The average Bonchev–Trinajstić information content (AvgIpc) is 2.48. The van der Waals surface area contributed by atoms with E-state index in [9.17, 15) is 9.59 Å². The van der Waals surface area contributed by atoms with Gasteiger partial charge in [-0.25, -0.2) is 4.79 Å². The number of esters is 1. The van der Waals surface area contributed by atoms with E-state index in [1.807, 2.05) is 0 Å². The van der Waals surface area contributed by atoms with Crippen molar-refractivity contribution in [2.24, 2.45) is 5.92 Å². The third-order valence-corrected chi connectivity index (χ3v) is 3.90. The molecule has 1 amide bonds. The lowest BCUT2D eigenvalue weighted by Crippen LogP contribution is -2.42. The summed E-state index contributed by atoms with van der Waals surface area (Å²) in [6, 6.07) is 5.90. The first kappa shape index (κ1) is 15.4. The molecule has 5 heteroatoms. The Morgan fingerprint density at radius 2 is 1.90 bits per heavy atom. The van der Waals surface area contributed by atoms with Gasteiger partial charge in [-0.05, 0) is 43.0 Å². The van der Waals surface area contributed by atoms with Gasteiger partial charge in [-0.15, -0.1) is 0 Å². The lowest BCUT2D eigenvalue weighted by Gasteiger charge is -2.29. The van der Waals surface area contributed by atoms with Crippen LogP contribution in [0.3, 0.4) is 0 Å². The first-order chi connectivity index (χ1) is 10.1. The Labute approximate surface area is 124 Å². The summed E-state index contributed by atoms with van der Waals surface area (Å²) in [6.45, 7) is 1.86. The second-order valence-corrected chi connectivity index (χ2v) is 5.56. The van der Waals surface area contributed by atoms with Crippen LogP contribution in [0.4, 0.5) is 0 Å². The molecule has 2 N–H and O–H groups in total. The van der Waals surface area contributed by atoms with Crippen molar-refractivity contribution >= 4 is 11.9 Å². The SMILES string of the molecule is C[C@H]1CCCC[C@H]1NC(=O)COC(=O)c1ccc(O)cc1. The van der Waals surface area contributed by atoms with Crippen LogP contribution in [0.2, 0.25) is 0 Å². The fraction of sp³-hybridized carbons (Fsp3) is 0.500. The molecule has 1 fully saturated rings. The summed E-state index contributed by atoms with van der Waals surface area (Å²) in [5.74, 6) is -0.284. The van der Waals surface area contributed by atoms with E-state index < -0.39 is 5.97 Å². The Morgan fingerprint density at radius 1 is 1.24 bits per heavy atom. The van der Waals surface area contributed by atoms with Gasteiger partial charge in [-0.3, -0.25) is 4.79 Å². The number of carbonyl (C=O) groups excluding carboxylic acids is 2. The van der Waals surface area contributed by atoms with Gasteiger partial charge in [-0.2, -0.15) is 0 Å². The number of hydrogen-bond donors (Lipinski definition) is 2. The number of phenols is 1. The molecule has 1 saturated carbocycles. The number of amides is 1. The molecule has 0 saturated heterocycles. The van der Waals surface area contributed by atoms with Crippen molar-refractivity contribution in [2.45, 2.75) is 38.6 Å². The number of hydrogen-bond acceptors (Lipinski definition) is 4. The van der Waals surface area contributed by atoms with Gasteiger partial charge < -0.3 is 15.2 Å². The van der Waals surface area contributed by atoms with Crippen LogP contribution in [0.15, 0.2) is 24.3 Å². The third kappa shape index (κ3) is 4.48. The molecule has 2 atom stereocenters. The predicted octanol–water partition coefficient (Wildman–Crippen LogP) is 2.24. The van der Waals surface area contributed by atoms with Gasteiger partial charge >= 0.3 is 5.97 Å². The summed E-state index contributed by atoms with van der Waals surface area (Å²) in [4.78, 5) is 23.6. The largest absolute Gasteiger partial charge is 0.508 e. The Bertz CT molecular complexity index is 498. The third-order valence-electron chi connectivity index (χ3n) is 3.90. The predicted molar refractivity (Wildman–Crippen MR) is 78.0 cm³/mol. The molecule has 0 heterocycles. The summed E-state index contributed by atoms with van der Waals surface area (Å²) in [5.41, 5.74) is 0.312. The molecular weight excluding hydrogens is 270 g/mol. The van der Waals surface area contributed by atoms with Crippen LogP contribution < -0.4 is 5.32 Å². The standard InChI is InChI=1S/C16H21NO4/c1-11-4-2-3-5-14(11)17-15(19)10-21-16(20)12-6-8-13(18)9-7-12/h6-9,11,14,18H,2-5,10H2,1H3,(H,17,19)/t11-,14+/m0/s1. The van der Waals surface area contributed by atoms with E-state index in [1.165, 1.54) is 30.7 Å². The van der Waals surface area contributed by atoms with Gasteiger partial charge in [-0.1, -0.05) is 19.8 Å². The summed E-state index contributed by atoms with van der Waals surface area (Å²) in [5, 5.41) is 12.1. The minimum Gasteiger partial charge on any atom is -0.508 e. The molecule has 2 rings (SSSR count). The highest BCUT2D eigenvalue weighted by Crippen LogP contribution is 2.23. The number of ether oxygens (including phenoxy) is 1. The Balaban J connectivity index is 1.78. The average molecular weight is 291 g/mol. The van der Waals surface area contributed by atoms with Crippen LogP contribution in [0.25, 0.3) is 0 Å². The molecule has 5 nitrogen and oxygen atoms in total. The van der Waals surface area contributed by atoms with E-state index in [-0.39, 0.29) is 24.3 Å². The number of nitrogens with one attached hydrogen (secondary N) is 1. The van der Waals surface area contributed by atoms with Gasteiger partial charge in [0, 0.05) is 6.04 Å². The highest BCUT2D eigenvalue weighted by atomic mass is 16.5. The zero-order valence-electron chi connectivity index (χ0n) is 12.2. The van der Waals surface area contributed by atoms with Crippen molar-refractivity contribution in [2.75, 3.05) is 6.61 Å². The van der Waals surface area contributed by atoms with E-state index >= 15 is 0 Å². The fourth-order valence-corrected chi connectivity index (χ4v) is 2.59. The highest BCUT2D eigenvalue weighted by molar-refractivity contribution is 5.91. The molecule has 0 unspecified atom stereocenters. The maximum atomic E-state index is 11.8. The summed E-state index contributed by atoms with van der Waals surface area (Å²) < 4.78 is 4.97. The molecule has 0 radical (unpaired) electrons. The normalized spacial score (nSPS) is 21.6. The van der Waals surface area contributed by atoms with Gasteiger partial charge in [0.05, 0.1) is 5.56 Å². The minimum atomic E-state index is -0.568. The van der Waals surface area contributed by atoms with Crippen molar-refractivity contribution in [3.8, 4) is 5.75 Å². The molecule has 0 aromatic heterocycles. The summed E-state index contributed by atoms with van der Waals surface area (Å²) >= 11 is 0. The maximum absolute atomic E-state index is 11.8. The molecule has 21 heavy (non-hydrogen) atoms. The van der Waals surface area contributed by atoms with Gasteiger partial charge in [0.2, 0.25) is 0 Å². The van der Waals surface area contributed by atoms with Crippen LogP contribution >= 0.6 is 0 Å². The zero-order chi connectivity index (χ0) is 15.2. The number of carbonyl (C=O) groups is 2.